The lowest BCUT2D eigenvalue weighted by atomic mass is 10.1. The number of aromatic nitrogens is 2. The van der Waals surface area contributed by atoms with E-state index in [0.29, 0.717) is 37.5 Å². The van der Waals surface area contributed by atoms with Gasteiger partial charge in [0.25, 0.3) is 5.91 Å². The zero-order valence-corrected chi connectivity index (χ0v) is 14.6. The third-order valence-corrected chi connectivity index (χ3v) is 4.22. The smallest absolute Gasteiger partial charge is 0.255 e. The molecule has 0 saturated carbocycles. The monoisotopic (exact) mass is 358 g/mol. The fourth-order valence-corrected chi connectivity index (χ4v) is 2.81. The van der Waals surface area contributed by atoms with Gasteiger partial charge in [-0.2, -0.15) is 5.10 Å². The number of amides is 2. The third kappa shape index (κ3) is 4.27. The molecule has 138 valence electrons. The maximum atomic E-state index is 12.5. The minimum Gasteiger partial charge on any atom is -0.383 e. The van der Waals surface area contributed by atoms with Crippen LogP contribution in [0.4, 0.5) is 0 Å². The molecule has 0 bridgehead atoms. The van der Waals surface area contributed by atoms with E-state index < -0.39 is 0 Å². The van der Waals surface area contributed by atoms with Crippen molar-refractivity contribution in [3.63, 3.8) is 0 Å². The molecule has 0 spiro atoms. The molecule has 2 amide bonds. The van der Waals surface area contributed by atoms with Crippen molar-refractivity contribution in [2.24, 2.45) is 0 Å². The summed E-state index contributed by atoms with van der Waals surface area (Å²) in [6.07, 6.45) is 1.26. The molecule has 2 aromatic rings. The molecule has 1 aromatic carbocycles. The molecule has 0 radical (unpaired) electrons. The highest BCUT2D eigenvalue weighted by molar-refractivity contribution is 5.99. The van der Waals surface area contributed by atoms with Gasteiger partial charge in [0.15, 0.2) is 0 Å². The van der Waals surface area contributed by atoms with Crippen molar-refractivity contribution < 1.29 is 19.1 Å². The van der Waals surface area contributed by atoms with Gasteiger partial charge in [-0.1, -0.05) is 30.3 Å². The first-order chi connectivity index (χ1) is 12.7. The van der Waals surface area contributed by atoms with Crippen LogP contribution in [0.3, 0.4) is 0 Å². The van der Waals surface area contributed by atoms with Crippen LogP contribution in [-0.2, 0) is 14.3 Å². The van der Waals surface area contributed by atoms with Crippen LogP contribution in [0, 0.1) is 0 Å². The molecule has 1 aromatic heterocycles. The van der Waals surface area contributed by atoms with E-state index in [4.69, 9.17) is 9.47 Å². The molecule has 1 fully saturated rings. The van der Waals surface area contributed by atoms with Crippen molar-refractivity contribution in [1.82, 2.24) is 20.4 Å². The molecule has 2 N–H and O–H groups in total. The second-order valence-electron chi connectivity index (χ2n) is 6.00. The number of ether oxygens (including phenoxy) is 2. The standard InChI is InChI=1S/C18H22N4O4/c1-25-8-7-22-11-14(26-12-16(22)23)9-19-18(24)15-10-20-21-17(15)13-5-3-2-4-6-13/h2-6,10,14H,7-9,11-12H2,1H3,(H,19,24)(H,20,21). The number of rotatable bonds is 7. The van der Waals surface area contributed by atoms with Crippen molar-refractivity contribution in [2.45, 2.75) is 6.10 Å². The van der Waals surface area contributed by atoms with Crippen LogP contribution in [0.2, 0.25) is 0 Å². The van der Waals surface area contributed by atoms with Crippen molar-refractivity contribution in [3.05, 3.63) is 42.1 Å². The van der Waals surface area contributed by atoms with Crippen molar-refractivity contribution in [2.75, 3.05) is 40.0 Å². The number of hydrogen-bond acceptors (Lipinski definition) is 5. The Morgan fingerprint density at radius 2 is 2.23 bits per heavy atom. The topological polar surface area (TPSA) is 96.6 Å². The number of benzene rings is 1. The third-order valence-electron chi connectivity index (χ3n) is 4.22. The minimum absolute atomic E-state index is 0.0191. The molecule has 1 atom stereocenters. The Hall–Kier alpha value is -2.71. The number of carbonyl (C=O) groups is 2. The molecule has 1 unspecified atom stereocenters. The summed E-state index contributed by atoms with van der Waals surface area (Å²) in [5.74, 6) is -0.299. The van der Waals surface area contributed by atoms with Gasteiger partial charge in [0, 0.05) is 32.3 Å². The summed E-state index contributed by atoms with van der Waals surface area (Å²) in [5, 5.41) is 9.72. The molecule has 3 rings (SSSR count). The van der Waals surface area contributed by atoms with Crippen LogP contribution in [-0.4, -0.2) is 73.0 Å². The highest BCUT2D eigenvalue weighted by atomic mass is 16.5. The fourth-order valence-electron chi connectivity index (χ4n) is 2.81. The second kappa shape index (κ2) is 8.59. The average Bonchev–Trinajstić information content (AvgIpc) is 3.16. The molecular formula is C18H22N4O4. The molecule has 26 heavy (non-hydrogen) atoms. The molecule has 8 nitrogen and oxygen atoms in total. The van der Waals surface area contributed by atoms with E-state index in [1.807, 2.05) is 30.3 Å². The van der Waals surface area contributed by atoms with Gasteiger partial charge in [0.05, 0.1) is 30.2 Å². The average molecular weight is 358 g/mol. The van der Waals surface area contributed by atoms with E-state index in [2.05, 4.69) is 15.5 Å². The minimum atomic E-state index is -0.249. The van der Waals surface area contributed by atoms with Gasteiger partial charge in [-0.25, -0.2) is 0 Å². The summed E-state index contributed by atoms with van der Waals surface area (Å²) < 4.78 is 10.5. The van der Waals surface area contributed by atoms with E-state index in [1.54, 1.807) is 12.0 Å². The van der Waals surface area contributed by atoms with E-state index in [9.17, 15) is 9.59 Å². The van der Waals surface area contributed by atoms with E-state index in [1.165, 1.54) is 6.20 Å². The van der Waals surface area contributed by atoms with Crippen LogP contribution in [0.15, 0.2) is 36.5 Å². The Morgan fingerprint density at radius 1 is 1.42 bits per heavy atom. The zero-order valence-electron chi connectivity index (χ0n) is 14.6. The maximum Gasteiger partial charge on any atom is 0.255 e. The predicted octanol–water partition coefficient (Wildman–Crippen LogP) is 0.680. The first-order valence-electron chi connectivity index (χ1n) is 8.44. The molecular weight excluding hydrogens is 336 g/mol. The van der Waals surface area contributed by atoms with Crippen LogP contribution < -0.4 is 5.32 Å². The molecule has 8 heteroatoms. The molecule has 1 aliphatic heterocycles. The summed E-state index contributed by atoms with van der Waals surface area (Å²) in [5.41, 5.74) is 2.03. The van der Waals surface area contributed by atoms with Crippen molar-refractivity contribution in [1.29, 1.82) is 0 Å². The summed E-state index contributed by atoms with van der Waals surface area (Å²) in [4.78, 5) is 26.0. The number of methoxy groups -OCH3 is 1. The van der Waals surface area contributed by atoms with Gasteiger partial charge in [0.1, 0.15) is 6.61 Å². The summed E-state index contributed by atoms with van der Waals surface area (Å²) >= 11 is 0. The number of H-pyrrole nitrogens is 1. The summed E-state index contributed by atoms with van der Waals surface area (Å²) in [6.45, 7) is 1.75. The van der Waals surface area contributed by atoms with Crippen molar-refractivity contribution >= 4 is 11.8 Å². The Balaban J connectivity index is 1.58. The summed E-state index contributed by atoms with van der Waals surface area (Å²) in [6, 6.07) is 9.54. The van der Waals surface area contributed by atoms with Gasteiger partial charge >= 0.3 is 0 Å². The predicted molar refractivity (Wildman–Crippen MR) is 94.6 cm³/mol. The number of hydrogen-bond donors (Lipinski definition) is 2. The zero-order chi connectivity index (χ0) is 18.4. The van der Waals surface area contributed by atoms with Gasteiger partial charge in [-0.3, -0.25) is 14.7 Å². The molecule has 0 aliphatic carbocycles. The lowest BCUT2D eigenvalue weighted by Gasteiger charge is -2.32. The lowest BCUT2D eigenvalue weighted by molar-refractivity contribution is -0.149. The molecule has 2 heterocycles. The van der Waals surface area contributed by atoms with Crippen LogP contribution >= 0.6 is 0 Å². The first-order valence-corrected chi connectivity index (χ1v) is 8.44. The molecule has 1 aliphatic rings. The maximum absolute atomic E-state index is 12.5. The Bertz CT molecular complexity index is 747. The first kappa shape index (κ1) is 18.1. The largest absolute Gasteiger partial charge is 0.383 e. The Labute approximate surface area is 151 Å². The second-order valence-corrected chi connectivity index (χ2v) is 6.00. The van der Waals surface area contributed by atoms with Crippen LogP contribution in [0.25, 0.3) is 11.3 Å². The molecule has 1 saturated heterocycles. The number of nitrogens with one attached hydrogen (secondary N) is 2. The number of aromatic amines is 1. The van der Waals surface area contributed by atoms with Gasteiger partial charge in [0.2, 0.25) is 5.91 Å². The number of morpholine rings is 1. The highest BCUT2D eigenvalue weighted by Gasteiger charge is 2.26. The quantitative estimate of drug-likeness (QED) is 0.759. The van der Waals surface area contributed by atoms with E-state index in [0.717, 1.165) is 5.56 Å². The van der Waals surface area contributed by atoms with Gasteiger partial charge < -0.3 is 19.7 Å². The van der Waals surface area contributed by atoms with Gasteiger partial charge in [-0.05, 0) is 0 Å². The summed E-state index contributed by atoms with van der Waals surface area (Å²) in [7, 11) is 1.60. The Kier molecular flexibility index (Phi) is 5.98. The van der Waals surface area contributed by atoms with E-state index in [-0.39, 0.29) is 24.5 Å². The normalized spacial score (nSPS) is 17.3. The SMILES string of the molecule is COCCN1CC(CNC(=O)c2cn[nH]c2-c2ccccc2)OCC1=O. The Morgan fingerprint density at radius 3 is 3.00 bits per heavy atom. The number of carbonyl (C=O) groups excluding carboxylic acids is 2. The van der Waals surface area contributed by atoms with Gasteiger partial charge in [-0.15, -0.1) is 0 Å². The van der Waals surface area contributed by atoms with Crippen molar-refractivity contribution in [3.8, 4) is 11.3 Å². The number of nitrogens with zero attached hydrogens (tertiary/aromatic N) is 2. The highest BCUT2D eigenvalue weighted by Crippen LogP contribution is 2.20. The fraction of sp³-hybridized carbons (Fsp3) is 0.389. The van der Waals surface area contributed by atoms with Crippen LogP contribution in [0.1, 0.15) is 10.4 Å². The lowest BCUT2D eigenvalue weighted by Crippen LogP contribution is -2.51. The van der Waals surface area contributed by atoms with Crippen LogP contribution in [0.5, 0.6) is 0 Å². The van der Waals surface area contributed by atoms with E-state index >= 15 is 0 Å².